The fraction of sp³-hybridized carbons (Fsp3) is 0.714. The fourth-order valence-electron chi connectivity index (χ4n) is 3.69. The molecular weight excluding hydrogens is 547 g/mol. The van der Waals surface area contributed by atoms with Gasteiger partial charge in [0, 0.05) is 6.20 Å². The number of hydrogen-bond acceptors (Lipinski definition) is 9. The fourth-order valence-corrected chi connectivity index (χ4v) is 6.33. The number of ether oxygens (including phenoxy) is 3. The molecule has 0 aliphatic carbocycles. The number of hydrogen-bond donors (Lipinski definition) is 3. The second kappa shape index (κ2) is 12.8. The topological polar surface area (TPSA) is 160 Å². The highest BCUT2D eigenvalue weighted by Crippen LogP contribution is 2.42. The molecule has 0 aliphatic heterocycles. The highest BCUT2D eigenvalue weighted by molar-refractivity contribution is 7.59. The molecule has 2 rings (SSSR count). The summed E-state index contributed by atoms with van der Waals surface area (Å²) in [6.07, 6.45) is 2.44. The molecule has 1 atom stereocenters. The Balaban J connectivity index is 2.25. The first-order valence-corrected chi connectivity index (χ1v) is 15.6. The van der Waals surface area contributed by atoms with E-state index >= 15 is 0 Å². The van der Waals surface area contributed by atoms with Gasteiger partial charge in [-0.3, -0.25) is 14.2 Å². The molecule has 2 aromatic rings. The van der Waals surface area contributed by atoms with Crippen LogP contribution in [0.25, 0.3) is 11.2 Å². The van der Waals surface area contributed by atoms with Gasteiger partial charge in [-0.1, -0.05) is 41.5 Å². The number of fused-ring (bicyclic) bond motifs is 1. The van der Waals surface area contributed by atoms with Gasteiger partial charge in [-0.2, -0.15) is 0 Å². The van der Waals surface area contributed by atoms with Crippen LogP contribution in [0.5, 0.6) is 0 Å². The van der Waals surface area contributed by atoms with Crippen LogP contribution in [0.3, 0.4) is 0 Å². The maximum Gasteiger partial charge on any atom is 0.326 e. The van der Waals surface area contributed by atoms with E-state index in [0.717, 1.165) is 0 Å². The molecule has 2 aromatic heterocycles. The van der Waals surface area contributed by atoms with Gasteiger partial charge in [0.15, 0.2) is 5.65 Å². The lowest BCUT2D eigenvalue weighted by atomic mass is 9.98. The number of carbonyl (C=O) groups excluding carboxylic acids is 2. The molecule has 12 nitrogen and oxygen atoms in total. The van der Waals surface area contributed by atoms with E-state index in [2.05, 4.69) is 20.1 Å². The molecule has 13 heteroatoms. The van der Waals surface area contributed by atoms with Crippen molar-refractivity contribution >= 4 is 36.2 Å². The number of nitrogen functional groups attached to an aromatic ring is 1. The van der Waals surface area contributed by atoms with Crippen molar-refractivity contribution < 1.29 is 28.4 Å². The average Bonchev–Trinajstić information content (AvgIpc) is 3.21. The molecule has 232 valence electrons. The average molecular weight is 597 g/mol. The number of rotatable bonds is 13. The Morgan fingerprint density at radius 3 is 1.88 bits per heavy atom. The van der Waals surface area contributed by atoms with E-state index < -0.39 is 36.6 Å². The summed E-state index contributed by atoms with van der Waals surface area (Å²) in [5, 5.41) is 5.86. The number of nitrogens with one attached hydrogen (secondary N) is 2. The Morgan fingerprint density at radius 1 is 0.927 bits per heavy atom. The standard InChI is InChI=1S/C28H49N6O6P/c1-19(14-34-17-31-21-20(29)12-13-30-22(21)34)40-18-41(37,32-27(8,9)23(35)38-15-25(2,3)4)33-28(10,11)24(36)39-16-26(5,6)7/h12-13,17,19H,14-16,18H2,1-11H3,(H2,29,30)(H2,32,33,37)/t19-/m1/s1. The summed E-state index contributed by atoms with van der Waals surface area (Å²) in [7, 11) is -3.78. The van der Waals surface area contributed by atoms with Gasteiger partial charge in [-0.05, 0) is 51.5 Å². The van der Waals surface area contributed by atoms with Gasteiger partial charge in [0.2, 0.25) is 7.44 Å². The number of carbonyl (C=O) groups is 2. The van der Waals surface area contributed by atoms with Gasteiger partial charge >= 0.3 is 11.9 Å². The molecule has 41 heavy (non-hydrogen) atoms. The van der Waals surface area contributed by atoms with E-state index in [4.69, 9.17) is 19.9 Å². The quantitative estimate of drug-likeness (QED) is 0.221. The largest absolute Gasteiger partial charge is 0.464 e. The predicted octanol–water partition coefficient (Wildman–Crippen LogP) is 4.48. The first kappa shape index (κ1) is 34.7. The van der Waals surface area contributed by atoms with Crippen LogP contribution in [0.4, 0.5) is 5.69 Å². The minimum absolute atomic E-state index is 0.185. The minimum atomic E-state index is -3.78. The third-order valence-corrected chi connectivity index (χ3v) is 8.10. The summed E-state index contributed by atoms with van der Waals surface area (Å²) in [4.78, 5) is 34.7. The molecule has 0 spiro atoms. The zero-order valence-corrected chi connectivity index (χ0v) is 27.3. The monoisotopic (exact) mass is 596 g/mol. The van der Waals surface area contributed by atoms with Crippen LogP contribution in [0.1, 0.15) is 76.2 Å². The molecule has 2 heterocycles. The lowest BCUT2D eigenvalue weighted by molar-refractivity contribution is -0.152. The third-order valence-electron chi connectivity index (χ3n) is 5.74. The van der Waals surface area contributed by atoms with Crippen LogP contribution >= 0.6 is 7.44 Å². The summed E-state index contributed by atoms with van der Waals surface area (Å²) >= 11 is 0. The SMILES string of the molecule is C[C@H](Cn1cnc2c(N)ccnc21)OCP(=O)(NC(C)(C)C(=O)OCC(C)(C)C)NC(C)(C)C(=O)OCC(C)(C)C. The number of nitrogens with two attached hydrogens (primary N) is 1. The minimum Gasteiger partial charge on any atom is -0.464 e. The lowest BCUT2D eigenvalue weighted by Crippen LogP contribution is -2.54. The van der Waals surface area contributed by atoms with Crippen molar-refractivity contribution in [2.45, 2.75) is 99.9 Å². The van der Waals surface area contributed by atoms with Crippen molar-refractivity contribution in [3.05, 3.63) is 18.6 Å². The zero-order chi connectivity index (χ0) is 31.4. The molecule has 0 saturated heterocycles. The third kappa shape index (κ3) is 10.7. The normalized spacial score (nSPS) is 14.2. The number of nitrogens with zero attached hydrogens (tertiary/aromatic N) is 3. The summed E-state index contributed by atoms with van der Waals surface area (Å²) < 4.78 is 33.3. The van der Waals surface area contributed by atoms with E-state index in [9.17, 15) is 14.2 Å². The van der Waals surface area contributed by atoms with Crippen LogP contribution < -0.4 is 15.9 Å². The Morgan fingerprint density at radius 2 is 1.41 bits per heavy atom. The number of esters is 2. The summed E-state index contributed by atoms with van der Waals surface area (Å²) in [5.41, 5.74) is 4.47. The van der Waals surface area contributed by atoms with Gasteiger partial charge in [0.25, 0.3) is 0 Å². The van der Waals surface area contributed by atoms with E-state index in [0.29, 0.717) is 23.4 Å². The van der Waals surface area contributed by atoms with E-state index in [1.165, 1.54) is 0 Å². The van der Waals surface area contributed by atoms with Gasteiger partial charge in [0.1, 0.15) is 22.9 Å². The summed E-state index contributed by atoms with van der Waals surface area (Å²) in [6.45, 7) is 20.5. The van der Waals surface area contributed by atoms with Crippen molar-refractivity contribution in [2.24, 2.45) is 10.8 Å². The highest BCUT2D eigenvalue weighted by atomic mass is 31.2. The summed E-state index contributed by atoms with van der Waals surface area (Å²) in [5.74, 6) is -1.16. The van der Waals surface area contributed by atoms with Gasteiger partial charge < -0.3 is 24.5 Å². The van der Waals surface area contributed by atoms with Crippen LogP contribution in [-0.2, 0) is 34.9 Å². The van der Waals surface area contributed by atoms with Crippen molar-refractivity contribution in [3.63, 3.8) is 0 Å². The molecule has 4 N–H and O–H groups in total. The number of anilines is 1. The highest BCUT2D eigenvalue weighted by Gasteiger charge is 2.43. The molecule has 0 bridgehead atoms. The second-order valence-corrected chi connectivity index (χ2v) is 16.2. The molecule has 0 aliphatic rings. The Labute approximate surface area is 244 Å². The first-order chi connectivity index (χ1) is 18.5. The lowest BCUT2D eigenvalue weighted by Gasteiger charge is -2.36. The maximum absolute atomic E-state index is 14.4. The Kier molecular flexibility index (Phi) is 10.8. The molecule has 0 radical (unpaired) electrons. The number of aromatic nitrogens is 3. The molecule has 0 unspecified atom stereocenters. The van der Waals surface area contributed by atoms with Crippen molar-refractivity contribution in [1.29, 1.82) is 0 Å². The molecule has 0 aromatic carbocycles. The molecule has 0 fully saturated rings. The smallest absolute Gasteiger partial charge is 0.326 e. The van der Waals surface area contributed by atoms with Gasteiger partial charge in [0.05, 0.1) is 37.9 Å². The number of imidazole rings is 1. The van der Waals surface area contributed by atoms with Crippen LogP contribution in [0, 0.1) is 10.8 Å². The summed E-state index contributed by atoms with van der Waals surface area (Å²) in [6, 6.07) is 1.68. The predicted molar refractivity (Wildman–Crippen MR) is 160 cm³/mol. The van der Waals surface area contributed by atoms with Crippen molar-refractivity contribution in [1.82, 2.24) is 24.7 Å². The molecule has 0 saturated carbocycles. The molecular formula is C28H49N6O6P. The van der Waals surface area contributed by atoms with Crippen molar-refractivity contribution in [2.75, 3.05) is 25.3 Å². The van der Waals surface area contributed by atoms with Gasteiger partial charge in [-0.25, -0.2) is 20.1 Å². The van der Waals surface area contributed by atoms with Crippen LogP contribution in [0.15, 0.2) is 18.6 Å². The van der Waals surface area contributed by atoms with Crippen LogP contribution in [-0.4, -0.2) is 63.2 Å². The first-order valence-electron chi connectivity index (χ1n) is 13.7. The Hall–Kier alpha value is -2.53. The Bertz CT molecular complexity index is 1210. The maximum atomic E-state index is 14.4. The van der Waals surface area contributed by atoms with E-state index in [1.807, 2.05) is 48.5 Å². The van der Waals surface area contributed by atoms with Crippen molar-refractivity contribution in [3.8, 4) is 0 Å². The number of pyridine rings is 1. The van der Waals surface area contributed by atoms with E-state index in [-0.39, 0.29) is 30.4 Å². The second-order valence-electron chi connectivity index (χ2n) is 14.1. The molecule has 0 amide bonds. The van der Waals surface area contributed by atoms with Gasteiger partial charge in [-0.15, -0.1) is 0 Å². The zero-order valence-electron chi connectivity index (χ0n) is 26.5. The van der Waals surface area contributed by atoms with Crippen LogP contribution in [0.2, 0.25) is 0 Å². The van der Waals surface area contributed by atoms with E-state index in [1.54, 1.807) is 50.9 Å².